The number of aliphatic imine (C=N–C) groups is 1. The van der Waals surface area contributed by atoms with E-state index in [0.717, 1.165) is 25.0 Å². The lowest BCUT2D eigenvalue weighted by Crippen LogP contribution is -2.42. The number of guanidine groups is 1. The van der Waals surface area contributed by atoms with Gasteiger partial charge in [0.1, 0.15) is 0 Å². The lowest BCUT2D eigenvalue weighted by Gasteiger charge is -2.24. The molecule has 0 aliphatic carbocycles. The second-order valence-electron chi connectivity index (χ2n) is 6.70. The Balaban J connectivity index is 2.39. The molecule has 0 saturated carbocycles. The van der Waals surface area contributed by atoms with E-state index in [0.29, 0.717) is 0 Å². The van der Waals surface area contributed by atoms with Gasteiger partial charge in [0.05, 0.1) is 12.2 Å². The maximum absolute atomic E-state index is 4.31. The summed E-state index contributed by atoms with van der Waals surface area (Å²) in [5, 5.41) is 11.1. The van der Waals surface area contributed by atoms with Gasteiger partial charge >= 0.3 is 0 Å². The van der Waals surface area contributed by atoms with Crippen LogP contribution in [0.15, 0.2) is 17.4 Å². The topological polar surface area (TPSA) is 57.5 Å². The third-order valence-corrected chi connectivity index (χ3v) is 3.92. The highest BCUT2D eigenvalue weighted by atomic mass is 15.3. The van der Waals surface area contributed by atoms with Gasteiger partial charge in [-0.1, -0.05) is 26.7 Å². The van der Waals surface area contributed by atoms with Crippen molar-refractivity contribution in [2.24, 2.45) is 18.0 Å². The SMILES string of the molecule is CN=C(NCCCCC(C)C)NCC(c1cnn(C)c1)N(C)C. The maximum atomic E-state index is 4.31. The number of rotatable bonds is 9. The molecular formula is C17H34N6. The summed E-state index contributed by atoms with van der Waals surface area (Å²) in [6, 6.07) is 0.267. The van der Waals surface area contributed by atoms with Crippen molar-refractivity contribution in [3.63, 3.8) is 0 Å². The Morgan fingerprint density at radius 2 is 2.04 bits per heavy atom. The maximum Gasteiger partial charge on any atom is 0.191 e. The minimum absolute atomic E-state index is 0.267. The van der Waals surface area contributed by atoms with Crippen molar-refractivity contribution >= 4 is 5.96 Å². The number of unbranched alkanes of at least 4 members (excludes halogenated alkanes) is 1. The number of nitrogens with zero attached hydrogens (tertiary/aromatic N) is 4. The van der Waals surface area contributed by atoms with Crippen molar-refractivity contribution in [1.29, 1.82) is 0 Å². The number of likely N-dealkylation sites (N-methyl/N-ethyl adjacent to an activating group) is 1. The second-order valence-corrected chi connectivity index (χ2v) is 6.70. The molecule has 1 rings (SSSR count). The van der Waals surface area contributed by atoms with Crippen molar-refractivity contribution in [3.05, 3.63) is 18.0 Å². The smallest absolute Gasteiger partial charge is 0.191 e. The van der Waals surface area contributed by atoms with Gasteiger partial charge in [0, 0.05) is 38.9 Å². The van der Waals surface area contributed by atoms with Crippen molar-refractivity contribution in [1.82, 2.24) is 25.3 Å². The Hall–Kier alpha value is -1.56. The van der Waals surface area contributed by atoms with Crippen LogP contribution in [0.2, 0.25) is 0 Å². The van der Waals surface area contributed by atoms with Crippen molar-refractivity contribution < 1.29 is 0 Å². The molecule has 2 N–H and O–H groups in total. The lowest BCUT2D eigenvalue weighted by atomic mass is 10.1. The molecule has 132 valence electrons. The van der Waals surface area contributed by atoms with Crippen LogP contribution in [0.1, 0.15) is 44.7 Å². The predicted molar refractivity (Wildman–Crippen MR) is 97.7 cm³/mol. The molecule has 0 aliphatic rings. The molecule has 1 aromatic rings. The Kier molecular flexibility index (Phi) is 8.69. The Labute approximate surface area is 141 Å². The summed E-state index contributed by atoms with van der Waals surface area (Å²) in [7, 11) is 7.93. The van der Waals surface area contributed by atoms with Gasteiger partial charge in [-0.2, -0.15) is 5.10 Å². The third kappa shape index (κ3) is 7.50. The molecule has 1 heterocycles. The Bertz CT molecular complexity index is 463. The first kappa shape index (κ1) is 19.5. The second kappa shape index (κ2) is 10.3. The van der Waals surface area contributed by atoms with E-state index in [4.69, 9.17) is 0 Å². The number of hydrogen-bond donors (Lipinski definition) is 2. The van der Waals surface area contributed by atoms with Crippen LogP contribution in [0.5, 0.6) is 0 Å². The van der Waals surface area contributed by atoms with Crippen LogP contribution in [-0.4, -0.2) is 54.9 Å². The minimum atomic E-state index is 0.267. The number of nitrogens with one attached hydrogen (secondary N) is 2. The zero-order valence-electron chi connectivity index (χ0n) is 15.6. The Morgan fingerprint density at radius 1 is 1.30 bits per heavy atom. The fraction of sp³-hybridized carbons (Fsp3) is 0.765. The van der Waals surface area contributed by atoms with Crippen LogP contribution >= 0.6 is 0 Å². The van der Waals surface area contributed by atoms with Crippen molar-refractivity contribution in [2.75, 3.05) is 34.2 Å². The van der Waals surface area contributed by atoms with Crippen LogP contribution in [0.3, 0.4) is 0 Å². The quantitative estimate of drug-likeness (QED) is 0.415. The van der Waals surface area contributed by atoms with E-state index in [2.05, 4.69) is 59.8 Å². The summed E-state index contributed by atoms with van der Waals surface area (Å²) >= 11 is 0. The van der Waals surface area contributed by atoms with E-state index in [1.807, 2.05) is 25.0 Å². The summed E-state index contributed by atoms with van der Waals surface area (Å²) in [6.07, 6.45) is 7.72. The van der Waals surface area contributed by atoms with Gasteiger partial charge in [-0.25, -0.2) is 0 Å². The van der Waals surface area contributed by atoms with Crippen LogP contribution in [-0.2, 0) is 7.05 Å². The van der Waals surface area contributed by atoms with Crippen molar-refractivity contribution in [2.45, 2.75) is 39.2 Å². The highest BCUT2D eigenvalue weighted by molar-refractivity contribution is 5.79. The molecule has 0 saturated heterocycles. The van der Waals surface area contributed by atoms with Crippen molar-refractivity contribution in [3.8, 4) is 0 Å². The molecular weight excluding hydrogens is 288 g/mol. The molecule has 6 nitrogen and oxygen atoms in total. The van der Waals surface area contributed by atoms with E-state index in [9.17, 15) is 0 Å². The van der Waals surface area contributed by atoms with Crippen LogP contribution in [0.25, 0.3) is 0 Å². The molecule has 1 atom stereocenters. The number of hydrogen-bond acceptors (Lipinski definition) is 3. The average Bonchev–Trinajstić information content (AvgIpc) is 2.90. The van der Waals surface area contributed by atoms with Gasteiger partial charge in [-0.15, -0.1) is 0 Å². The zero-order chi connectivity index (χ0) is 17.2. The zero-order valence-corrected chi connectivity index (χ0v) is 15.6. The van der Waals surface area contributed by atoms with Crippen LogP contribution in [0, 0.1) is 5.92 Å². The third-order valence-electron chi connectivity index (χ3n) is 3.92. The molecule has 1 aromatic heterocycles. The van der Waals surface area contributed by atoms with Gasteiger partial charge in [0.15, 0.2) is 5.96 Å². The first-order chi connectivity index (χ1) is 10.9. The molecule has 0 fully saturated rings. The molecule has 1 unspecified atom stereocenters. The molecule has 0 radical (unpaired) electrons. The normalized spacial score (nSPS) is 13.7. The van der Waals surface area contributed by atoms with Gasteiger partial charge in [0.25, 0.3) is 0 Å². The lowest BCUT2D eigenvalue weighted by molar-refractivity contribution is 0.298. The molecule has 0 spiro atoms. The van der Waals surface area contributed by atoms with E-state index in [1.54, 1.807) is 0 Å². The monoisotopic (exact) mass is 322 g/mol. The number of aromatic nitrogens is 2. The summed E-state index contributed by atoms with van der Waals surface area (Å²) in [5.41, 5.74) is 1.21. The fourth-order valence-corrected chi connectivity index (χ4v) is 2.51. The average molecular weight is 323 g/mol. The van der Waals surface area contributed by atoms with Gasteiger partial charge in [0.2, 0.25) is 0 Å². The highest BCUT2D eigenvalue weighted by Gasteiger charge is 2.16. The Morgan fingerprint density at radius 3 is 2.57 bits per heavy atom. The molecule has 0 aliphatic heterocycles. The summed E-state index contributed by atoms with van der Waals surface area (Å²) in [6.45, 7) is 6.30. The standard InChI is InChI=1S/C17H34N6/c1-14(2)9-7-8-10-19-17(18-3)20-12-16(22(4)5)15-11-21-23(6)13-15/h11,13-14,16H,7-10,12H2,1-6H3,(H2,18,19,20). The summed E-state index contributed by atoms with van der Waals surface area (Å²) in [4.78, 5) is 6.50. The first-order valence-corrected chi connectivity index (χ1v) is 8.53. The molecule has 23 heavy (non-hydrogen) atoms. The van der Waals surface area contributed by atoms with Crippen LogP contribution in [0.4, 0.5) is 0 Å². The molecule has 6 heteroatoms. The largest absolute Gasteiger partial charge is 0.356 e. The van der Waals surface area contributed by atoms with E-state index < -0.39 is 0 Å². The molecule has 0 amide bonds. The fourth-order valence-electron chi connectivity index (χ4n) is 2.51. The first-order valence-electron chi connectivity index (χ1n) is 8.53. The molecule has 0 aromatic carbocycles. The molecule has 0 bridgehead atoms. The van der Waals surface area contributed by atoms with Gasteiger partial charge < -0.3 is 15.5 Å². The number of aryl methyl sites for hydroxylation is 1. The van der Waals surface area contributed by atoms with E-state index in [1.165, 1.54) is 24.8 Å². The predicted octanol–water partition coefficient (Wildman–Crippen LogP) is 2.01. The summed E-state index contributed by atoms with van der Waals surface area (Å²) in [5.74, 6) is 1.65. The summed E-state index contributed by atoms with van der Waals surface area (Å²) < 4.78 is 1.84. The van der Waals surface area contributed by atoms with Gasteiger partial charge in [-0.3, -0.25) is 9.67 Å². The van der Waals surface area contributed by atoms with E-state index in [-0.39, 0.29) is 6.04 Å². The van der Waals surface area contributed by atoms with Crippen LogP contribution < -0.4 is 10.6 Å². The minimum Gasteiger partial charge on any atom is -0.356 e. The highest BCUT2D eigenvalue weighted by Crippen LogP contribution is 2.15. The van der Waals surface area contributed by atoms with E-state index >= 15 is 0 Å². The van der Waals surface area contributed by atoms with Gasteiger partial charge in [-0.05, 0) is 26.4 Å².